The van der Waals surface area contributed by atoms with E-state index in [1.54, 1.807) is 0 Å². The third-order valence-corrected chi connectivity index (χ3v) is 3.61. The fourth-order valence-electron chi connectivity index (χ4n) is 2.53. The molecule has 0 aliphatic carbocycles. The van der Waals surface area contributed by atoms with Crippen molar-refractivity contribution in [3.05, 3.63) is 23.5 Å². The Hall–Kier alpha value is -0.960. The summed E-state index contributed by atoms with van der Waals surface area (Å²) in [5.74, 6) is 0. The molecular formula is C15H27N3. The van der Waals surface area contributed by atoms with Gasteiger partial charge in [-0.25, -0.2) is 5.43 Å². The van der Waals surface area contributed by atoms with E-state index in [4.69, 9.17) is 0 Å². The first-order chi connectivity index (χ1) is 8.19. The first-order valence-corrected chi connectivity index (χ1v) is 6.90. The Bertz CT molecular complexity index is 380. The molecular weight excluding hydrogens is 222 g/mol. The molecule has 2 aliphatic rings. The molecule has 2 aliphatic heterocycles. The van der Waals surface area contributed by atoms with Gasteiger partial charge in [0.2, 0.25) is 0 Å². The molecule has 0 saturated heterocycles. The van der Waals surface area contributed by atoms with Crippen LogP contribution in [0.4, 0.5) is 0 Å². The Kier molecular flexibility index (Phi) is 3.22. The number of rotatable bonds is 0. The van der Waals surface area contributed by atoms with Crippen molar-refractivity contribution in [2.45, 2.75) is 59.0 Å². The summed E-state index contributed by atoms with van der Waals surface area (Å²) < 4.78 is 0. The van der Waals surface area contributed by atoms with E-state index in [0.717, 1.165) is 19.5 Å². The lowest BCUT2D eigenvalue weighted by Gasteiger charge is -2.47. The first-order valence-electron chi connectivity index (χ1n) is 6.90. The van der Waals surface area contributed by atoms with Crippen LogP contribution < -0.4 is 5.43 Å². The normalized spacial score (nSPS) is 21.4. The lowest BCUT2D eigenvalue weighted by Crippen LogP contribution is -2.55. The van der Waals surface area contributed by atoms with Crippen molar-refractivity contribution < 1.29 is 0 Å². The zero-order valence-corrected chi connectivity index (χ0v) is 12.7. The van der Waals surface area contributed by atoms with Gasteiger partial charge >= 0.3 is 0 Å². The molecule has 0 aromatic carbocycles. The summed E-state index contributed by atoms with van der Waals surface area (Å²) in [6.45, 7) is 15.6. The van der Waals surface area contributed by atoms with Gasteiger partial charge in [0.15, 0.2) is 0 Å². The van der Waals surface area contributed by atoms with E-state index in [9.17, 15) is 0 Å². The summed E-state index contributed by atoms with van der Waals surface area (Å²) in [6, 6.07) is 0. The average molecular weight is 249 g/mol. The Morgan fingerprint density at radius 3 is 2.28 bits per heavy atom. The van der Waals surface area contributed by atoms with Crippen LogP contribution in [0, 0.1) is 0 Å². The summed E-state index contributed by atoms with van der Waals surface area (Å²) in [6.07, 6.45) is 5.69. The highest BCUT2D eigenvalue weighted by Crippen LogP contribution is 2.31. The third-order valence-electron chi connectivity index (χ3n) is 3.61. The van der Waals surface area contributed by atoms with Crippen LogP contribution in [-0.4, -0.2) is 34.1 Å². The van der Waals surface area contributed by atoms with Crippen LogP contribution in [0.5, 0.6) is 0 Å². The van der Waals surface area contributed by atoms with Gasteiger partial charge < -0.3 is 9.91 Å². The van der Waals surface area contributed by atoms with Crippen molar-refractivity contribution in [3.63, 3.8) is 0 Å². The van der Waals surface area contributed by atoms with Gasteiger partial charge in [-0.05, 0) is 59.6 Å². The van der Waals surface area contributed by atoms with Gasteiger partial charge in [0, 0.05) is 23.8 Å². The van der Waals surface area contributed by atoms with Crippen molar-refractivity contribution in [1.29, 1.82) is 0 Å². The van der Waals surface area contributed by atoms with E-state index in [1.165, 1.54) is 11.3 Å². The highest BCUT2D eigenvalue weighted by molar-refractivity contribution is 5.32. The summed E-state index contributed by atoms with van der Waals surface area (Å²) in [4.78, 5) is 2.41. The molecule has 1 N–H and O–H groups in total. The number of hydrogen-bond donors (Lipinski definition) is 1. The van der Waals surface area contributed by atoms with Crippen molar-refractivity contribution in [1.82, 2.24) is 15.3 Å². The monoisotopic (exact) mass is 249 g/mol. The van der Waals surface area contributed by atoms with E-state index in [-0.39, 0.29) is 11.1 Å². The fourth-order valence-corrected chi connectivity index (χ4v) is 2.53. The largest absolute Gasteiger partial charge is 0.367 e. The standard InChI is InChI=1S/C15H27N3/c1-14(2,3)17-10-8-12-7-9-16-18(13(12)11-17)15(4,5)6/h8,10,16H,7,9,11H2,1-6H3. The van der Waals surface area contributed by atoms with Crippen molar-refractivity contribution in [3.8, 4) is 0 Å². The smallest absolute Gasteiger partial charge is 0.0595 e. The van der Waals surface area contributed by atoms with Gasteiger partial charge in [0.25, 0.3) is 0 Å². The van der Waals surface area contributed by atoms with E-state index >= 15 is 0 Å². The summed E-state index contributed by atoms with van der Waals surface area (Å²) in [5.41, 5.74) is 6.77. The third kappa shape index (κ3) is 2.56. The molecule has 0 unspecified atom stereocenters. The maximum Gasteiger partial charge on any atom is 0.0595 e. The second kappa shape index (κ2) is 4.30. The number of allylic oxidation sites excluding steroid dienone is 1. The lowest BCUT2D eigenvalue weighted by molar-refractivity contribution is 0.0835. The predicted molar refractivity (Wildman–Crippen MR) is 76.8 cm³/mol. The molecule has 0 aromatic rings. The Morgan fingerprint density at radius 2 is 1.72 bits per heavy atom. The van der Waals surface area contributed by atoms with Crippen LogP contribution in [0.25, 0.3) is 0 Å². The molecule has 0 fully saturated rings. The zero-order valence-electron chi connectivity index (χ0n) is 12.7. The van der Waals surface area contributed by atoms with Crippen molar-refractivity contribution >= 4 is 0 Å². The molecule has 0 radical (unpaired) electrons. The fraction of sp³-hybridized carbons (Fsp3) is 0.733. The van der Waals surface area contributed by atoms with Crippen molar-refractivity contribution in [2.24, 2.45) is 0 Å². The highest BCUT2D eigenvalue weighted by atomic mass is 15.6. The molecule has 0 spiro atoms. The molecule has 3 heteroatoms. The van der Waals surface area contributed by atoms with E-state index in [1.807, 2.05) is 0 Å². The molecule has 2 heterocycles. The SMILES string of the molecule is CC(C)(C)N1C=CC2=C(C1)N(C(C)(C)C)NCC2. The number of hydrogen-bond acceptors (Lipinski definition) is 3. The average Bonchev–Trinajstić information content (AvgIpc) is 2.25. The van der Waals surface area contributed by atoms with Gasteiger partial charge in [0.1, 0.15) is 0 Å². The Balaban J connectivity index is 2.28. The van der Waals surface area contributed by atoms with E-state index in [2.05, 4.69) is 69.2 Å². The first kappa shape index (κ1) is 13.5. The molecule has 2 rings (SSSR count). The number of nitrogens with one attached hydrogen (secondary N) is 1. The molecule has 0 aromatic heterocycles. The van der Waals surface area contributed by atoms with Gasteiger partial charge in [-0.3, -0.25) is 0 Å². The van der Waals surface area contributed by atoms with Crippen LogP contribution in [0.15, 0.2) is 23.5 Å². The van der Waals surface area contributed by atoms with Gasteiger partial charge in [0.05, 0.1) is 12.2 Å². The van der Waals surface area contributed by atoms with Gasteiger partial charge in [-0.2, -0.15) is 0 Å². The van der Waals surface area contributed by atoms with Crippen LogP contribution in [0.1, 0.15) is 48.0 Å². The number of hydrazine groups is 1. The second-order valence-electron chi connectivity index (χ2n) is 7.25. The lowest BCUT2D eigenvalue weighted by atomic mass is 9.97. The van der Waals surface area contributed by atoms with Crippen LogP contribution >= 0.6 is 0 Å². The summed E-state index contributed by atoms with van der Waals surface area (Å²) in [5, 5.41) is 2.36. The Morgan fingerprint density at radius 1 is 1.06 bits per heavy atom. The predicted octanol–water partition coefficient (Wildman–Crippen LogP) is 2.88. The molecule has 0 amide bonds. The van der Waals surface area contributed by atoms with Gasteiger partial charge in [-0.15, -0.1) is 0 Å². The van der Waals surface area contributed by atoms with Crippen molar-refractivity contribution in [2.75, 3.05) is 13.1 Å². The maximum absolute atomic E-state index is 3.55. The van der Waals surface area contributed by atoms with Crippen LogP contribution in [0.2, 0.25) is 0 Å². The number of nitrogens with zero attached hydrogens (tertiary/aromatic N) is 2. The Labute approximate surface area is 111 Å². The van der Waals surface area contributed by atoms with E-state index in [0.29, 0.717) is 0 Å². The molecule has 0 bridgehead atoms. The minimum absolute atomic E-state index is 0.121. The molecule has 18 heavy (non-hydrogen) atoms. The van der Waals surface area contributed by atoms with Crippen LogP contribution in [-0.2, 0) is 0 Å². The van der Waals surface area contributed by atoms with E-state index < -0.39 is 0 Å². The van der Waals surface area contributed by atoms with Crippen LogP contribution in [0.3, 0.4) is 0 Å². The zero-order chi connectivity index (χ0) is 13.6. The maximum atomic E-state index is 3.55. The molecule has 0 atom stereocenters. The highest BCUT2D eigenvalue weighted by Gasteiger charge is 2.32. The molecule has 0 saturated carbocycles. The molecule has 3 nitrogen and oxygen atoms in total. The summed E-state index contributed by atoms with van der Waals surface area (Å²) >= 11 is 0. The summed E-state index contributed by atoms with van der Waals surface area (Å²) in [7, 11) is 0. The minimum atomic E-state index is 0.121. The molecule has 102 valence electrons. The quantitative estimate of drug-likeness (QED) is 0.712. The second-order valence-corrected chi connectivity index (χ2v) is 7.25. The van der Waals surface area contributed by atoms with Gasteiger partial charge in [-0.1, -0.05) is 0 Å². The minimum Gasteiger partial charge on any atom is -0.367 e. The topological polar surface area (TPSA) is 18.5 Å².